The number of halogens is 1. The monoisotopic (exact) mass is 396 g/mol. The van der Waals surface area contributed by atoms with Gasteiger partial charge in [0.2, 0.25) is 0 Å². The minimum absolute atomic E-state index is 0.0920. The fourth-order valence-corrected chi connectivity index (χ4v) is 4.58. The molecular weight excluding hydrogens is 380 g/mol. The Hall–Kier alpha value is -1.67. The standard InChI is InChI=1S/C15H17BrN4O2S/c1-10-17-14(19-11-6-7-23(21,22)9-11)8-15(18-10)20-13-5-3-2-4-12(13)16/h2-5,8,11H,6-7,9H2,1H3,(H2,17,18,19,20). The molecule has 0 radical (unpaired) electrons. The molecular formula is C15H17BrN4O2S. The van der Waals surface area contributed by atoms with Gasteiger partial charge in [-0.05, 0) is 41.4 Å². The van der Waals surface area contributed by atoms with Crippen molar-refractivity contribution < 1.29 is 8.42 Å². The molecule has 1 fully saturated rings. The second-order valence-electron chi connectivity index (χ2n) is 5.53. The molecule has 0 spiro atoms. The molecule has 0 amide bonds. The first-order valence-corrected chi connectivity index (χ1v) is 9.87. The smallest absolute Gasteiger partial charge is 0.152 e. The highest BCUT2D eigenvalue weighted by molar-refractivity contribution is 9.10. The maximum Gasteiger partial charge on any atom is 0.152 e. The zero-order valence-corrected chi connectivity index (χ0v) is 15.0. The van der Waals surface area contributed by atoms with Gasteiger partial charge in [-0.1, -0.05) is 12.1 Å². The largest absolute Gasteiger partial charge is 0.366 e. The van der Waals surface area contributed by atoms with E-state index in [1.54, 1.807) is 6.07 Å². The summed E-state index contributed by atoms with van der Waals surface area (Å²) in [6.07, 6.45) is 0.610. The van der Waals surface area contributed by atoms with Crippen LogP contribution < -0.4 is 10.6 Å². The average molecular weight is 397 g/mol. The summed E-state index contributed by atoms with van der Waals surface area (Å²) in [5, 5.41) is 6.43. The number of para-hydroxylation sites is 1. The van der Waals surface area contributed by atoms with E-state index >= 15 is 0 Å². The summed E-state index contributed by atoms with van der Waals surface area (Å²) in [4.78, 5) is 8.71. The number of sulfone groups is 1. The van der Waals surface area contributed by atoms with E-state index in [2.05, 4.69) is 36.5 Å². The number of benzene rings is 1. The highest BCUT2D eigenvalue weighted by Gasteiger charge is 2.28. The van der Waals surface area contributed by atoms with Crippen LogP contribution in [0.3, 0.4) is 0 Å². The fraction of sp³-hybridized carbons (Fsp3) is 0.333. The van der Waals surface area contributed by atoms with Crippen LogP contribution >= 0.6 is 15.9 Å². The Labute approximate surface area is 143 Å². The van der Waals surface area contributed by atoms with Gasteiger partial charge in [0, 0.05) is 16.6 Å². The quantitative estimate of drug-likeness (QED) is 0.826. The molecule has 2 aromatic rings. The van der Waals surface area contributed by atoms with Gasteiger partial charge in [-0.25, -0.2) is 18.4 Å². The van der Waals surface area contributed by atoms with Crippen molar-refractivity contribution in [1.29, 1.82) is 0 Å². The lowest BCUT2D eigenvalue weighted by atomic mass is 10.2. The van der Waals surface area contributed by atoms with Gasteiger partial charge in [-0.3, -0.25) is 0 Å². The molecule has 6 nitrogen and oxygen atoms in total. The van der Waals surface area contributed by atoms with Gasteiger partial charge in [0.15, 0.2) is 9.84 Å². The molecule has 122 valence electrons. The summed E-state index contributed by atoms with van der Waals surface area (Å²) in [7, 11) is -2.92. The Morgan fingerprint density at radius 1 is 1.22 bits per heavy atom. The number of anilines is 3. The second-order valence-corrected chi connectivity index (χ2v) is 8.62. The average Bonchev–Trinajstić information content (AvgIpc) is 2.80. The van der Waals surface area contributed by atoms with E-state index < -0.39 is 9.84 Å². The Kier molecular flexibility index (Phi) is 4.54. The normalized spacial score (nSPS) is 19.5. The summed E-state index contributed by atoms with van der Waals surface area (Å²) in [6.45, 7) is 1.81. The Bertz CT molecular complexity index is 826. The Morgan fingerprint density at radius 3 is 2.65 bits per heavy atom. The predicted octanol–water partition coefficient (Wildman–Crippen LogP) is 2.89. The molecule has 0 bridgehead atoms. The van der Waals surface area contributed by atoms with E-state index in [-0.39, 0.29) is 17.5 Å². The second kappa shape index (κ2) is 6.45. The molecule has 1 atom stereocenters. The molecule has 1 aromatic carbocycles. The van der Waals surface area contributed by atoms with Crippen LogP contribution in [0.1, 0.15) is 12.2 Å². The van der Waals surface area contributed by atoms with Crippen LogP contribution in [-0.4, -0.2) is 35.9 Å². The third kappa shape index (κ3) is 4.20. The molecule has 0 aliphatic carbocycles. The summed E-state index contributed by atoms with van der Waals surface area (Å²) in [5.41, 5.74) is 0.903. The van der Waals surface area contributed by atoms with Crippen LogP contribution in [0.2, 0.25) is 0 Å². The lowest BCUT2D eigenvalue weighted by Crippen LogP contribution is -2.21. The van der Waals surface area contributed by atoms with Gasteiger partial charge in [0.1, 0.15) is 17.5 Å². The molecule has 1 aliphatic rings. The molecule has 1 aromatic heterocycles. The molecule has 2 heterocycles. The number of nitrogens with zero attached hydrogens (tertiary/aromatic N) is 2. The topological polar surface area (TPSA) is 84.0 Å². The van der Waals surface area contributed by atoms with Gasteiger partial charge in [-0.2, -0.15) is 0 Å². The van der Waals surface area contributed by atoms with Gasteiger partial charge < -0.3 is 10.6 Å². The Balaban J connectivity index is 1.78. The lowest BCUT2D eigenvalue weighted by molar-refractivity contribution is 0.602. The van der Waals surface area contributed by atoms with E-state index in [0.717, 1.165) is 10.2 Å². The van der Waals surface area contributed by atoms with Crippen molar-refractivity contribution in [1.82, 2.24) is 9.97 Å². The van der Waals surface area contributed by atoms with Crippen molar-refractivity contribution in [3.8, 4) is 0 Å². The molecule has 23 heavy (non-hydrogen) atoms. The molecule has 1 unspecified atom stereocenters. The van der Waals surface area contributed by atoms with Crippen LogP contribution in [0.5, 0.6) is 0 Å². The maximum absolute atomic E-state index is 11.6. The third-order valence-electron chi connectivity index (χ3n) is 3.56. The van der Waals surface area contributed by atoms with Crippen LogP contribution in [0.15, 0.2) is 34.8 Å². The van der Waals surface area contributed by atoms with E-state index in [4.69, 9.17) is 0 Å². The van der Waals surface area contributed by atoms with Crippen LogP contribution in [0, 0.1) is 6.92 Å². The first-order chi connectivity index (χ1) is 10.9. The summed E-state index contributed by atoms with van der Waals surface area (Å²) >= 11 is 3.49. The first-order valence-electron chi connectivity index (χ1n) is 7.25. The van der Waals surface area contributed by atoms with Gasteiger partial charge in [0.05, 0.1) is 17.2 Å². The number of aryl methyl sites for hydroxylation is 1. The van der Waals surface area contributed by atoms with Crippen molar-refractivity contribution >= 4 is 43.1 Å². The minimum Gasteiger partial charge on any atom is -0.366 e. The molecule has 2 N–H and O–H groups in total. The summed E-state index contributed by atoms with van der Waals surface area (Å²) in [5.74, 6) is 2.30. The molecule has 3 rings (SSSR count). The van der Waals surface area contributed by atoms with Crippen molar-refractivity contribution in [3.05, 3.63) is 40.6 Å². The summed E-state index contributed by atoms with van der Waals surface area (Å²) < 4.78 is 24.0. The van der Waals surface area contributed by atoms with Gasteiger partial charge >= 0.3 is 0 Å². The number of rotatable bonds is 4. The molecule has 0 saturated carbocycles. The van der Waals surface area contributed by atoms with Crippen molar-refractivity contribution in [2.75, 3.05) is 22.1 Å². The zero-order valence-electron chi connectivity index (χ0n) is 12.6. The van der Waals surface area contributed by atoms with Crippen molar-refractivity contribution in [3.63, 3.8) is 0 Å². The number of aromatic nitrogens is 2. The number of hydrogen-bond donors (Lipinski definition) is 2. The number of nitrogens with one attached hydrogen (secondary N) is 2. The zero-order chi connectivity index (χ0) is 16.4. The fourth-order valence-electron chi connectivity index (χ4n) is 2.52. The van der Waals surface area contributed by atoms with Crippen molar-refractivity contribution in [2.24, 2.45) is 0 Å². The van der Waals surface area contributed by atoms with E-state index in [9.17, 15) is 8.42 Å². The highest BCUT2D eigenvalue weighted by atomic mass is 79.9. The minimum atomic E-state index is -2.92. The summed E-state index contributed by atoms with van der Waals surface area (Å²) in [6, 6.07) is 9.46. The van der Waals surface area contributed by atoms with Crippen LogP contribution in [0.4, 0.5) is 17.3 Å². The number of hydrogen-bond acceptors (Lipinski definition) is 6. The maximum atomic E-state index is 11.6. The van der Waals surface area contributed by atoms with Gasteiger partial charge in [-0.15, -0.1) is 0 Å². The predicted molar refractivity (Wildman–Crippen MR) is 94.9 cm³/mol. The van der Waals surface area contributed by atoms with E-state index in [1.165, 1.54) is 0 Å². The SMILES string of the molecule is Cc1nc(Nc2ccccc2Br)cc(NC2CCS(=O)(=O)C2)n1. The van der Waals surface area contributed by atoms with Gasteiger partial charge in [0.25, 0.3) is 0 Å². The highest BCUT2D eigenvalue weighted by Crippen LogP contribution is 2.26. The molecule has 8 heteroatoms. The lowest BCUT2D eigenvalue weighted by Gasteiger charge is -2.14. The Morgan fingerprint density at radius 2 is 1.96 bits per heavy atom. The molecule has 1 saturated heterocycles. The van der Waals surface area contributed by atoms with Crippen molar-refractivity contribution in [2.45, 2.75) is 19.4 Å². The first kappa shape index (κ1) is 16.2. The van der Waals surface area contributed by atoms with Crippen LogP contribution in [-0.2, 0) is 9.84 Å². The molecule has 1 aliphatic heterocycles. The van der Waals surface area contributed by atoms with E-state index in [1.807, 2.05) is 31.2 Å². The third-order valence-corrected chi connectivity index (χ3v) is 6.02. The van der Waals surface area contributed by atoms with Crippen LogP contribution in [0.25, 0.3) is 0 Å². The van der Waals surface area contributed by atoms with E-state index in [0.29, 0.717) is 23.9 Å².